The summed E-state index contributed by atoms with van der Waals surface area (Å²) in [6.45, 7) is 8.80. The highest BCUT2D eigenvalue weighted by molar-refractivity contribution is 5.58. The van der Waals surface area contributed by atoms with E-state index in [1.165, 1.54) is 19.3 Å². The van der Waals surface area contributed by atoms with E-state index in [9.17, 15) is 0 Å². The molecule has 1 fully saturated rings. The number of hydrogen-bond acceptors (Lipinski definition) is 4. The van der Waals surface area contributed by atoms with Crippen LogP contribution in [0.15, 0.2) is 6.33 Å². The number of anilines is 2. The average molecular weight is 248 g/mol. The fraction of sp³-hybridized carbons (Fsp3) is 0.714. The van der Waals surface area contributed by atoms with Crippen molar-refractivity contribution in [1.29, 1.82) is 0 Å². The van der Waals surface area contributed by atoms with E-state index in [4.69, 9.17) is 5.73 Å². The molecular formula is C14H24N4. The molecule has 1 aromatic rings. The minimum absolute atomic E-state index is 0.363. The first-order valence-electron chi connectivity index (χ1n) is 6.95. The number of aromatic nitrogens is 2. The maximum Gasteiger partial charge on any atom is 0.137 e. The van der Waals surface area contributed by atoms with Gasteiger partial charge in [0.2, 0.25) is 0 Å². The molecule has 100 valence electrons. The highest BCUT2D eigenvalue weighted by Gasteiger charge is 2.20. The molecule has 1 atom stereocenters. The van der Waals surface area contributed by atoms with E-state index in [1.54, 1.807) is 6.33 Å². The topological polar surface area (TPSA) is 55.0 Å². The van der Waals surface area contributed by atoms with Gasteiger partial charge in [-0.3, -0.25) is 0 Å². The first kappa shape index (κ1) is 13.1. The van der Waals surface area contributed by atoms with E-state index in [1.807, 2.05) is 0 Å². The lowest BCUT2D eigenvalue weighted by atomic mass is 10.0. The van der Waals surface area contributed by atoms with Gasteiger partial charge in [-0.15, -0.1) is 0 Å². The third kappa shape index (κ3) is 2.74. The second-order valence-electron chi connectivity index (χ2n) is 5.67. The van der Waals surface area contributed by atoms with Gasteiger partial charge in [0, 0.05) is 18.7 Å². The van der Waals surface area contributed by atoms with Gasteiger partial charge in [0.15, 0.2) is 0 Å². The molecule has 1 aliphatic rings. The minimum atomic E-state index is 0.363. The monoisotopic (exact) mass is 248 g/mol. The first-order valence-corrected chi connectivity index (χ1v) is 6.95. The van der Waals surface area contributed by atoms with E-state index in [0.717, 1.165) is 30.4 Å². The molecule has 0 spiro atoms. The Labute approximate surface area is 110 Å². The van der Waals surface area contributed by atoms with Crippen LogP contribution in [0.2, 0.25) is 0 Å². The molecule has 4 nitrogen and oxygen atoms in total. The van der Waals surface area contributed by atoms with E-state index >= 15 is 0 Å². The van der Waals surface area contributed by atoms with E-state index < -0.39 is 0 Å². The molecule has 1 saturated heterocycles. The number of hydrogen-bond donors (Lipinski definition) is 1. The van der Waals surface area contributed by atoms with Gasteiger partial charge < -0.3 is 10.6 Å². The summed E-state index contributed by atoms with van der Waals surface area (Å²) in [4.78, 5) is 11.0. The number of nitrogen functional groups attached to an aromatic ring is 1. The smallest absolute Gasteiger partial charge is 0.137 e. The Morgan fingerprint density at radius 3 is 2.78 bits per heavy atom. The zero-order valence-electron chi connectivity index (χ0n) is 11.7. The third-order valence-corrected chi connectivity index (χ3v) is 3.79. The second kappa shape index (κ2) is 5.55. The Morgan fingerprint density at radius 2 is 2.06 bits per heavy atom. The Morgan fingerprint density at radius 1 is 1.28 bits per heavy atom. The summed E-state index contributed by atoms with van der Waals surface area (Å²) in [5, 5.41) is 0. The van der Waals surface area contributed by atoms with E-state index in [2.05, 4.69) is 35.6 Å². The maximum absolute atomic E-state index is 6.02. The van der Waals surface area contributed by atoms with Crippen molar-refractivity contribution in [3.8, 4) is 0 Å². The fourth-order valence-electron chi connectivity index (χ4n) is 2.68. The lowest BCUT2D eigenvalue weighted by molar-refractivity contribution is 0.521. The third-order valence-electron chi connectivity index (χ3n) is 3.79. The largest absolute Gasteiger partial charge is 0.383 e. The maximum atomic E-state index is 6.02. The normalized spacial score (nSPS) is 21.1. The van der Waals surface area contributed by atoms with Crippen molar-refractivity contribution >= 4 is 11.6 Å². The minimum Gasteiger partial charge on any atom is -0.383 e. The van der Waals surface area contributed by atoms with Crippen molar-refractivity contribution < 1.29 is 0 Å². The van der Waals surface area contributed by atoms with Gasteiger partial charge in [-0.2, -0.15) is 0 Å². The summed E-state index contributed by atoms with van der Waals surface area (Å²) in [6.07, 6.45) is 5.38. The average Bonchev–Trinajstić information content (AvgIpc) is 2.53. The molecule has 0 aliphatic carbocycles. The van der Waals surface area contributed by atoms with Crippen LogP contribution in [-0.2, 0) is 0 Å². The molecule has 0 aromatic carbocycles. The molecule has 0 amide bonds. The molecule has 2 N–H and O–H groups in total. The van der Waals surface area contributed by atoms with Crippen LogP contribution in [0.25, 0.3) is 0 Å². The van der Waals surface area contributed by atoms with Crippen LogP contribution in [0, 0.1) is 5.92 Å². The van der Waals surface area contributed by atoms with Crippen molar-refractivity contribution in [2.24, 2.45) is 5.92 Å². The number of nitrogens with two attached hydrogens (primary N) is 1. The molecule has 0 saturated carbocycles. The van der Waals surface area contributed by atoms with Crippen LogP contribution in [0.5, 0.6) is 0 Å². The van der Waals surface area contributed by atoms with Crippen LogP contribution >= 0.6 is 0 Å². The zero-order chi connectivity index (χ0) is 13.1. The quantitative estimate of drug-likeness (QED) is 0.874. The van der Waals surface area contributed by atoms with Gasteiger partial charge in [0.25, 0.3) is 0 Å². The highest BCUT2D eigenvalue weighted by atomic mass is 15.2. The predicted octanol–water partition coefficient (Wildman–Crippen LogP) is 2.81. The van der Waals surface area contributed by atoms with Crippen molar-refractivity contribution in [2.75, 3.05) is 23.7 Å². The molecular weight excluding hydrogens is 224 g/mol. The summed E-state index contributed by atoms with van der Waals surface area (Å²) in [5.41, 5.74) is 7.12. The molecule has 1 aromatic heterocycles. The molecule has 2 rings (SSSR count). The predicted molar refractivity (Wildman–Crippen MR) is 75.8 cm³/mol. The second-order valence-corrected chi connectivity index (χ2v) is 5.67. The van der Waals surface area contributed by atoms with Crippen LogP contribution in [0.4, 0.5) is 11.6 Å². The molecule has 0 bridgehead atoms. The van der Waals surface area contributed by atoms with Gasteiger partial charge in [0.05, 0.1) is 0 Å². The Hall–Kier alpha value is -1.32. The summed E-state index contributed by atoms with van der Waals surface area (Å²) < 4.78 is 0. The number of nitrogens with zero attached hydrogens (tertiary/aromatic N) is 3. The highest BCUT2D eigenvalue weighted by Crippen LogP contribution is 2.31. The summed E-state index contributed by atoms with van der Waals surface area (Å²) >= 11 is 0. The molecule has 18 heavy (non-hydrogen) atoms. The standard InChI is InChI=1S/C14H24N4/c1-10(2)12-13(15)16-9-17-14(12)18-7-4-5-11(3)6-8-18/h9-11H,4-8H2,1-3H3,(H2,15,16,17). The van der Waals surface area contributed by atoms with Crippen molar-refractivity contribution in [3.63, 3.8) is 0 Å². The number of rotatable bonds is 2. The molecule has 1 unspecified atom stereocenters. The Balaban J connectivity index is 2.29. The summed E-state index contributed by atoms with van der Waals surface area (Å²) in [7, 11) is 0. The van der Waals surface area contributed by atoms with Crippen LogP contribution in [-0.4, -0.2) is 23.1 Å². The van der Waals surface area contributed by atoms with Crippen LogP contribution < -0.4 is 10.6 Å². The van der Waals surface area contributed by atoms with Crippen molar-refractivity contribution in [3.05, 3.63) is 11.9 Å². The van der Waals surface area contributed by atoms with Gasteiger partial charge in [-0.05, 0) is 31.1 Å². The van der Waals surface area contributed by atoms with Crippen molar-refractivity contribution in [1.82, 2.24) is 9.97 Å². The summed E-state index contributed by atoms with van der Waals surface area (Å²) in [5.74, 6) is 2.86. The van der Waals surface area contributed by atoms with Gasteiger partial charge in [-0.25, -0.2) is 9.97 Å². The lowest BCUT2D eigenvalue weighted by Crippen LogP contribution is -2.27. The Kier molecular flexibility index (Phi) is 4.04. The molecule has 0 radical (unpaired) electrons. The van der Waals surface area contributed by atoms with Gasteiger partial charge in [0.1, 0.15) is 18.0 Å². The van der Waals surface area contributed by atoms with E-state index in [0.29, 0.717) is 11.7 Å². The van der Waals surface area contributed by atoms with Gasteiger partial charge >= 0.3 is 0 Å². The Bertz CT molecular complexity index is 403. The molecule has 4 heteroatoms. The zero-order valence-corrected chi connectivity index (χ0v) is 11.7. The molecule has 2 heterocycles. The fourth-order valence-corrected chi connectivity index (χ4v) is 2.68. The SMILES string of the molecule is CC1CCCN(c2ncnc(N)c2C(C)C)CC1. The lowest BCUT2D eigenvalue weighted by Gasteiger charge is -2.25. The van der Waals surface area contributed by atoms with Crippen LogP contribution in [0.1, 0.15) is 51.5 Å². The summed E-state index contributed by atoms with van der Waals surface area (Å²) in [6, 6.07) is 0. The first-order chi connectivity index (χ1) is 8.59. The van der Waals surface area contributed by atoms with E-state index in [-0.39, 0.29) is 0 Å². The van der Waals surface area contributed by atoms with Gasteiger partial charge in [-0.1, -0.05) is 20.8 Å². The molecule has 1 aliphatic heterocycles. The van der Waals surface area contributed by atoms with Crippen LogP contribution in [0.3, 0.4) is 0 Å². The van der Waals surface area contributed by atoms with Crippen molar-refractivity contribution in [2.45, 2.75) is 46.0 Å².